The van der Waals surface area contributed by atoms with Crippen molar-refractivity contribution in [2.75, 3.05) is 18.9 Å². The van der Waals surface area contributed by atoms with Gasteiger partial charge in [0, 0.05) is 31.6 Å². The summed E-state index contributed by atoms with van der Waals surface area (Å²) >= 11 is 1.24. The summed E-state index contributed by atoms with van der Waals surface area (Å²) in [4.78, 5) is 41.6. The highest BCUT2D eigenvalue weighted by Crippen LogP contribution is 2.32. The number of carbonyl (C=O) groups is 2. The van der Waals surface area contributed by atoms with Crippen LogP contribution in [0, 0.1) is 5.82 Å². The predicted octanol–water partition coefficient (Wildman–Crippen LogP) is 2.79. The molecule has 3 aromatic heterocycles. The maximum atomic E-state index is 14.6. The molecule has 0 fully saturated rings. The van der Waals surface area contributed by atoms with E-state index in [2.05, 4.69) is 35.9 Å². The Morgan fingerprint density at radius 1 is 1.16 bits per heavy atom. The summed E-state index contributed by atoms with van der Waals surface area (Å²) in [6, 6.07) is 5.67. The summed E-state index contributed by atoms with van der Waals surface area (Å²) in [6.07, 6.45) is 0. The Balaban J connectivity index is 1.91. The van der Waals surface area contributed by atoms with Crippen molar-refractivity contribution >= 4 is 40.4 Å². The van der Waals surface area contributed by atoms with Crippen LogP contribution in [0.4, 0.5) is 15.1 Å². The molecule has 4 rings (SSSR count). The summed E-state index contributed by atoms with van der Waals surface area (Å²) < 4.78 is 16.3. The van der Waals surface area contributed by atoms with Gasteiger partial charge in [0.25, 0.3) is 5.91 Å². The number of rotatable bonds is 5. The lowest BCUT2D eigenvalue weighted by molar-refractivity contribution is 0.0959. The third-order valence-electron chi connectivity index (χ3n) is 4.57. The standard InChI is InChI=1S/C20H19FN8O2S/c1-4-23-20(31)28-19-26-13(10-7-5-6-8-11(10)21)14-15(27-19)29(3)16(25-14)18-24-12(9-32-18)17(30)22-2/h5-9H,4H2,1-3H3,(H,22,30)(H2,23,26,27,28,31). The van der Waals surface area contributed by atoms with Gasteiger partial charge in [0.2, 0.25) is 5.95 Å². The molecule has 0 saturated carbocycles. The number of nitrogens with one attached hydrogen (secondary N) is 3. The molecule has 3 N–H and O–H groups in total. The summed E-state index contributed by atoms with van der Waals surface area (Å²) in [7, 11) is 3.25. The summed E-state index contributed by atoms with van der Waals surface area (Å²) in [5, 5.41) is 9.81. The van der Waals surface area contributed by atoms with Gasteiger partial charge >= 0.3 is 6.03 Å². The van der Waals surface area contributed by atoms with Gasteiger partial charge in [0.15, 0.2) is 16.5 Å². The first kappa shape index (κ1) is 21.3. The molecule has 12 heteroatoms. The van der Waals surface area contributed by atoms with E-state index in [1.54, 1.807) is 42.1 Å². The fraction of sp³-hybridized carbons (Fsp3) is 0.200. The maximum absolute atomic E-state index is 14.6. The van der Waals surface area contributed by atoms with Crippen LogP contribution in [0.5, 0.6) is 0 Å². The van der Waals surface area contributed by atoms with E-state index in [1.165, 1.54) is 24.5 Å². The molecule has 0 atom stereocenters. The second-order valence-electron chi connectivity index (χ2n) is 6.64. The Bertz CT molecular complexity index is 1330. The lowest BCUT2D eigenvalue weighted by Gasteiger charge is -2.08. The number of anilines is 1. The second kappa shape index (κ2) is 8.67. The Morgan fingerprint density at radius 2 is 1.94 bits per heavy atom. The van der Waals surface area contributed by atoms with Crippen molar-refractivity contribution in [2.45, 2.75) is 6.92 Å². The smallest absolute Gasteiger partial charge is 0.321 e. The van der Waals surface area contributed by atoms with E-state index in [9.17, 15) is 14.0 Å². The van der Waals surface area contributed by atoms with Crippen molar-refractivity contribution < 1.29 is 14.0 Å². The molecule has 0 aliphatic carbocycles. The maximum Gasteiger partial charge on any atom is 0.321 e. The third kappa shape index (κ3) is 3.87. The van der Waals surface area contributed by atoms with Crippen LogP contribution in [0.25, 0.3) is 33.3 Å². The van der Waals surface area contributed by atoms with E-state index >= 15 is 0 Å². The van der Waals surface area contributed by atoms with Crippen molar-refractivity contribution in [3.8, 4) is 22.1 Å². The van der Waals surface area contributed by atoms with Crippen molar-refractivity contribution in [3.63, 3.8) is 0 Å². The number of fused-ring (bicyclic) bond motifs is 1. The molecular weight excluding hydrogens is 435 g/mol. The van der Waals surface area contributed by atoms with Gasteiger partial charge < -0.3 is 15.2 Å². The molecule has 1 aromatic carbocycles. The number of nitrogens with zero attached hydrogens (tertiary/aromatic N) is 5. The molecule has 0 aliphatic rings. The Morgan fingerprint density at radius 3 is 2.66 bits per heavy atom. The van der Waals surface area contributed by atoms with Gasteiger partial charge in [-0.2, -0.15) is 4.98 Å². The molecular formula is C20H19FN8O2S. The number of aryl methyl sites for hydroxylation is 1. The number of halogens is 1. The van der Waals surface area contributed by atoms with Crippen LogP contribution in [-0.2, 0) is 7.05 Å². The largest absolute Gasteiger partial charge is 0.354 e. The molecule has 0 radical (unpaired) electrons. The van der Waals surface area contributed by atoms with Crippen LogP contribution in [0.15, 0.2) is 29.6 Å². The summed E-state index contributed by atoms with van der Waals surface area (Å²) in [6.45, 7) is 2.20. The molecule has 3 heterocycles. The number of urea groups is 1. The first-order valence-corrected chi connectivity index (χ1v) is 10.5. The van der Waals surface area contributed by atoms with Gasteiger partial charge in [0.1, 0.15) is 22.7 Å². The Hall–Kier alpha value is -3.93. The first-order valence-electron chi connectivity index (χ1n) is 9.65. The van der Waals surface area contributed by atoms with Crippen molar-refractivity contribution in [3.05, 3.63) is 41.2 Å². The zero-order valence-corrected chi connectivity index (χ0v) is 18.2. The number of benzene rings is 1. The number of hydrogen-bond acceptors (Lipinski definition) is 7. The molecule has 0 saturated heterocycles. The van der Waals surface area contributed by atoms with E-state index in [1.807, 2.05) is 0 Å². The van der Waals surface area contributed by atoms with E-state index in [0.717, 1.165) is 0 Å². The zero-order valence-electron chi connectivity index (χ0n) is 17.4. The first-order chi connectivity index (χ1) is 15.4. The topological polar surface area (TPSA) is 127 Å². The second-order valence-corrected chi connectivity index (χ2v) is 7.50. The molecule has 3 amide bonds. The van der Waals surface area contributed by atoms with Crippen molar-refractivity contribution in [1.29, 1.82) is 0 Å². The average Bonchev–Trinajstić information content (AvgIpc) is 3.39. The van der Waals surface area contributed by atoms with Gasteiger partial charge in [0.05, 0.1) is 0 Å². The molecule has 0 unspecified atom stereocenters. The van der Waals surface area contributed by atoms with Crippen LogP contribution in [0.1, 0.15) is 17.4 Å². The molecule has 0 aliphatic heterocycles. The van der Waals surface area contributed by atoms with Crippen molar-refractivity contribution in [1.82, 2.24) is 35.1 Å². The van der Waals surface area contributed by atoms with E-state index in [4.69, 9.17) is 0 Å². The fourth-order valence-corrected chi connectivity index (χ4v) is 3.89. The molecule has 32 heavy (non-hydrogen) atoms. The van der Waals surface area contributed by atoms with Gasteiger partial charge in [-0.15, -0.1) is 11.3 Å². The third-order valence-corrected chi connectivity index (χ3v) is 5.40. The normalized spacial score (nSPS) is 10.9. The van der Waals surface area contributed by atoms with Crippen LogP contribution in [0.3, 0.4) is 0 Å². The zero-order chi connectivity index (χ0) is 22.8. The van der Waals surface area contributed by atoms with Crippen LogP contribution < -0.4 is 16.0 Å². The minimum absolute atomic E-state index is 0.00133. The monoisotopic (exact) mass is 454 g/mol. The number of thiazole rings is 1. The van der Waals surface area contributed by atoms with Gasteiger partial charge in [-0.05, 0) is 19.1 Å². The van der Waals surface area contributed by atoms with Gasteiger partial charge in [-0.25, -0.2) is 24.1 Å². The number of imidazole rings is 1. The van der Waals surface area contributed by atoms with Crippen LogP contribution in [-0.4, -0.2) is 50.0 Å². The molecule has 0 spiro atoms. The molecule has 164 valence electrons. The lowest BCUT2D eigenvalue weighted by atomic mass is 10.1. The average molecular weight is 454 g/mol. The highest BCUT2D eigenvalue weighted by molar-refractivity contribution is 7.13. The van der Waals surface area contributed by atoms with Gasteiger partial charge in [-0.3, -0.25) is 10.1 Å². The Labute approximate surface area is 185 Å². The minimum atomic E-state index is -0.486. The lowest BCUT2D eigenvalue weighted by Crippen LogP contribution is -2.29. The predicted molar refractivity (Wildman–Crippen MR) is 119 cm³/mol. The van der Waals surface area contributed by atoms with Gasteiger partial charge in [-0.1, -0.05) is 12.1 Å². The van der Waals surface area contributed by atoms with Crippen molar-refractivity contribution in [2.24, 2.45) is 7.05 Å². The van der Waals surface area contributed by atoms with Crippen LogP contribution >= 0.6 is 11.3 Å². The number of hydrogen-bond donors (Lipinski definition) is 3. The minimum Gasteiger partial charge on any atom is -0.354 e. The quantitative estimate of drug-likeness (QED) is 0.426. The SMILES string of the molecule is CCNC(=O)Nc1nc(-c2ccccc2F)c2nc(-c3nc(C(=O)NC)cs3)n(C)c2n1. The fourth-order valence-electron chi connectivity index (χ4n) is 3.06. The number of amides is 3. The number of carbonyl (C=O) groups excluding carboxylic acids is 2. The van der Waals surface area contributed by atoms with Crippen LogP contribution in [0.2, 0.25) is 0 Å². The number of aromatic nitrogens is 5. The highest BCUT2D eigenvalue weighted by atomic mass is 32.1. The summed E-state index contributed by atoms with van der Waals surface area (Å²) in [5.41, 5.74) is 1.42. The summed E-state index contributed by atoms with van der Waals surface area (Å²) in [5.74, 6) is -0.366. The van der Waals surface area contributed by atoms with E-state index in [0.29, 0.717) is 28.5 Å². The van der Waals surface area contributed by atoms with E-state index < -0.39 is 11.8 Å². The Kier molecular flexibility index (Phi) is 5.77. The molecule has 10 nitrogen and oxygen atoms in total. The molecule has 4 aromatic rings. The molecule has 0 bridgehead atoms. The highest BCUT2D eigenvalue weighted by Gasteiger charge is 2.22. The van der Waals surface area contributed by atoms with E-state index in [-0.39, 0.29) is 28.8 Å².